The van der Waals surface area contributed by atoms with Crippen LogP contribution >= 0.6 is 0 Å². The Bertz CT molecular complexity index is 1510. The standard InChI is InChI=1S/C26H12N2O2/c1-28-24-18-12-17-19(13-20(18)26(30)23(24)16-10-6-3-7-11-16)25(29)22(21(17)14-27)15-8-4-2-5-9-15/h2-13H. The van der Waals surface area contributed by atoms with Crippen molar-refractivity contribution in [2.24, 2.45) is 0 Å². The van der Waals surface area contributed by atoms with Crippen LogP contribution in [-0.4, -0.2) is 0 Å². The molecule has 5 aromatic carbocycles. The van der Waals surface area contributed by atoms with Gasteiger partial charge in [0.2, 0.25) is 5.69 Å². The number of rotatable bonds is 2. The number of nitriles is 1. The van der Waals surface area contributed by atoms with Gasteiger partial charge in [0.15, 0.2) is 10.9 Å². The molecule has 30 heavy (non-hydrogen) atoms. The Kier molecular flexibility index (Phi) is 3.81. The lowest BCUT2D eigenvalue weighted by molar-refractivity contribution is 1.50. The van der Waals surface area contributed by atoms with Gasteiger partial charge in [0.25, 0.3) is 0 Å². The summed E-state index contributed by atoms with van der Waals surface area (Å²) in [6, 6.07) is 23.4. The summed E-state index contributed by atoms with van der Waals surface area (Å²) in [4.78, 5) is 30.0. The fraction of sp³-hybridized carbons (Fsp3) is 0. The van der Waals surface area contributed by atoms with Crippen molar-refractivity contribution in [3.63, 3.8) is 0 Å². The largest absolute Gasteiger partial charge is 0.290 e. The number of nitrogens with zero attached hydrogens (tertiary/aromatic N) is 2. The quantitative estimate of drug-likeness (QED) is 0.386. The predicted molar refractivity (Wildman–Crippen MR) is 118 cm³/mol. The normalized spacial score (nSPS) is 10.9. The van der Waals surface area contributed by atoms with Gasteiger partial charge in [-0.2, -0.15) is 5.26 Å². The van der Waals surface area contributed by atoms with E-state index >= 15 is 0 Å². The van der Waals surface area contributed by atoms with Crippen molar-refractivity contribution in [1.82, 2.24) is 0 Å². The molecule has 0 amide bonds. The van der Waals surface area contributed by atoms with E-state index in [-0.39, 0.29) is 22.1 Å². The summed E-state index contributed by atoms with van der Waals surface area (Å²) in [5.41, 5.74) is 1.97. The SMILES string of the molecule is [C-]#[N+]c1c(-c2ccccc2)c(=O)c2cc3c(=O)c(-c4ccccc4)c(C#N)c3cc12. The molecular formula is C26H12N2O2. The van der Waals surface area contributed by atoms with E-state index in [0.29, 0.717) is 43.8 Å². The second-order valence-corrected chi connectivity index (χ2v) is 7.03. The van der Waals surface area contributed by atoms with Crippen molar-refractivity contribution in [1.29, 1.82) is 5.26 Å². The molecule has 0 fully saturated rings. The van der Waals surface area contributed by atoms with E-state index in [1.165, 1.54) is 0 Å². The van der Waals surface area contributed by atoms with Crippen LogP contribution in [0.25, 0.3) is 48.6 Å². The zero-order valence-corrected chi connectivity index (χ0v) is 15.6. The summed E-state index contributed by atoms with van der Waals surface area (Å²) >= 11 is 0. The molecule has 0 spiro atoms. The van der Waals surface area contributed by atoms with Crippen LogP contribution in [0.5, 0.6) is 0 Å². The first-order chi connectivity index (χ1) is 14.7. The Hall–Kier alpha value is -4.54. The minimum absolute atomic E-state index is 0.252. The smallest absolute Gasteiger partial charge is 0.206 e. The summed E-state index contributed by atoms with van der Waals surface area (Å²) < 4.78 is 0. The van der Waals surface area contributed by atoms with Crippen molar-refractivity contribution in [3.05, 3.63) is 110 Å². The third kappa shape index (κ3) is 2.32. The maximum atomic E-state index is 13.2. The molecule has 0 saturated carbocycles. The van der Waals surface area contributed by atoms with Crippen LogP contribution in [0.3, 0.4) is 0 Å². The van der Waals surface area contributed by atoms with Crippen LogP contribution < -0.4 is 10.9 Å². The summed E-state index contributed by atoms with van der Waals surface area (Å²) in [5, 5.41) is 11.4. The Morgan fingerprint density at radius 3 is 1.77 bits per heavy atom. The van der Waals surface area contributed by atoms with Crippen molar-refractivity contribution in [3.8, 4) is 28.3 Å². The van der Waals surface area contributed by atoms with E-state index in [2.05, 4.69) is 10.9 Å². The molecule has 0 N–H and O–H groups in total. The number of hydrogen-bond acceptors (Lipinski definition) is 3. The van der Waals surface area contributed by atoms with Gasteiger partial charge in [-0.15, -0.1) is 0 Å². The molecule has 0 aliphatic carbocycles. The van der Waals surface area contributed by atoms with Gasteiger partial charge in [-0.25, -0.2) is 4.85 Å². The maximum absolute atomic E-state index is 13.2. The topological polar surface area (TPSA) is 62.3 Å². The van der Waals surface area contributed by atoms with Crippen molar-refractivity contribution in [2.75, 3.05) is 0 Å². The van der Waals surface area contributed by atoms with Crippen molar-refractivity contribution in [2.45, 2.75) is 0 Å². The van der Waals surface area contributed by atoms with E-state index in [4.69, 9.17) is 6.57 Å². The third-order valence-electron chi connectivity index (χ3n) is 5.46. The maximum Gasteiger partial charge on any atom is 0.206 e. The Morgan fingerprint density at radius 2 is 1.20 bits per heavy atom. The molecule has 0 atom stereocenters. The molecule has 0 bridgehead atoms. The molecule has 0 saturated heterocycles. The third-order valence-corrected chi connectivity index (χ3v) is 5.46. The van der Waals surface area contributed by atoms with Gasteiger partial charge in [-0.1, -0.05) is 66.7 Å². The lowest BCUT2D eigenvalue weighted by Crippen LogP contribution is -2.01. The minimum Gasteiger partial charge on any atom is -0.290 e. The molecule has 4 nitrogen and oxygen atoms in total. The van der Waals surface area contributed by atoms with E-state index in [1.54, 1.807) is 36.4 Å². The molecule has 0 unspecified atom stereocenters. The molecule has 138 valence electrons. The van der Waals surface area contributed by atoms with Gasteiger partial charge in [-0.05, 0) is 22.6 Å². The molecule has 4 heteroatoms. The van der Waals surface area contributed by atoms with E-state index in [9.17, 15) is 14.9 Å². The van der Waals surface area contributed by atoms with Gasteiger partial charge in [-0.3, -0.25) is 9.59 Å². The van der Waals surface area contributed by atoms with E-state index < -0.39 is 0 Å². The lowest BCUT2D eigenvalue weighted by atomic mass is 10.0. The second-order valence-electron chi connectivity index (χ2n) is 7.03. The molecule has 5 rings (SSSR count). The summed E-state index contributed by atoms with van der Waals surface area (Å²) in [6.07, 6.45) is 0. The first kappa shape index (κ1) is 17.6. The highest BCUT2D eigenvalue weighted by Gasteiger charge is 2.23. The summed E-state index contributed by atoms with van der Waals surface area (Å²) in [6.45, 7) is 7.68. The van der Waals surface area contributed by atoms with Crippen LogP contribution in [0.15, 0.2) is 82.4 Å². The monoisotopic (exact) mass is 384 g/mol. The fourth-order valence-electron chi connectivity index (χ4n) is 4.12. The van der Waals surface area contributed by atoms with Gasteiger partial charge >= 0.3 is 0 Å². The highest BCUT2D eigenvalue weighted by atomic mass is 16.1. The Balaban J connectivity index is 1.93. The van der Waals surface area contributed by atoms with Gasteiger partial charge in [0.05, 0.1) is 12.1 Å². The van der Waals surface area contributed by atoms with Gasteiger partial charge < -0.3 is 0 Å². The van der Waals surface area contributed by atoms with E-state index in [1.807, 2.05) is 36.4 Å². The van der Waals surface area contributed by atoms with Crippen LogP contribution in [0.4, 0.5) is 5.69 Å². The first-order valence-corrected chi connectivity index (χ1v) is 9.31. The zero-order chi connectivity index (χ0) is 20.8. The Morgan fingerprint density at radius 1 is 0.700 bits per heavy atom. The van der Waals surface area contributed by atoms with Gasteiger partial charge in [0, 0.05) is 27.3 Å². The number of hydrogen-bond donors (Lipinski definition) is 0. The molecule has 0 heterocycles. The highest BCUT2D eigenvalue weighted by Crippen LogP contribution is 2.39. The first-order valence-electron chi connectivity index (χ1n) is 9.31. The lowest BCUT2D eigenvalue weighted by Gasteiger charge is -1.98. The molecule has 0 aliphatic heterocycles. The van der Waals surface area contributed by atoms with Crippen LogP contribution in [0.2, 0.25) is 0 Å². The molecule has 0 radical (unpaired) electrons. The molecular weight excluding hydrogens is 372 g/mol. The fourth-order valence-corrected chi connectivity index (χ4v) is 4.12. The van der Waals surface area contributed by atoms with Crippen LogP contribution in [0, 0.1) is 17.9 Å². The summed E-state index contributed by atoms with van der Waals surface area (Å²) in [5.74, 6) is 0. The Labute approximate surface area is 171 Å². The van der Waals surface area contributed by atoms with Crippen LogP contribution in [-0.2, 0) is 0 Å². The summed E-state index contributed by atoms with van der Waals surface area (Å²) in [7, 11) is 0. The molecule has 0 aromatic heterocycles. The number of fused-ring (bicyclic) bond motifs is 2. The minimum atomic E-state index is -0.277. The van der Waals surface area contributed by atoms with Crippen molar-refractivity contribution < 1.29 is 0 Å². The second kappa shape index (κ2) is 6.51. The van der Waals surface area contributed by atoms with Crippen molar-refractivity contribution >= 4 is 27.2 Å². The average Bonchev–Trinajstić information content (AvgIpc) is 3.23. The highest BCUT2D eigenvalue weighted by molar-refractivity contribution is 6.13. The zero-order valence-electron chi connectivity index (χ0n) is 15.6. The predicted octanol–water partition coefficient (Wildman–Crippen LogP) is 5.35. The van der Waals surface area contributed by atoms with Crippen LogP contribution in [0.1, 0.15) is 5.56 Å². The van der Waals surface area contributed by atoms with Gasteiger partial charge in [0.1, 0.15) is 6.07 Å². The average molecular weight is 384 g/mol. The van der Waals surface area contributed by atoms with E-state index in [0.717, 1.165) is 0 Å². The molecule has 5 aromatic rings. The molecule has 0 aliphatic rings. The number of benzene rings is 3.